The van der Waals surface area contributed by atoms with Gasteiger partial charge >= 0.3 is 5.97 Å². The number of nitrogens with one attached hydrogen (secondary N) is 2. The fraction of sp³-hybridized carbons (Fsp3) is 0.200. The van der Waals surface area contributed by atoms with Crippen molar-refractivity contribution in [3.05, 3.63) is 33.8 Å². The van der Waals surface area contributed by atoms with E-state index in [0.717, 1.165) is 0 Å². The van der Waals surface area contributed by atoms with Crippen LogP contribution >= 0.6 is 0 Å². The first kappa shape index (κ1) is 10.3. The molecule has 0 radical (unpaired) electrons. The molecule has 0 amide bonds. The Balaban J connectivity index is 2.49. The number of furan rings is 1. The number of aliphatic carboxylic acids is 1. The van der Waals surface area contributed by atoms with E-state index in [-0.39, 0.29) is 12.0 Å². The summed E-state index contributed by atoms with van der Waals surface area (Å²) < 4.78 is 5.32. The summed E-state index contributed by atoms with van der Waals surface area (Å²) in [5, 5.41) is 13.6. The Kier molecular flexibility index (Phi) is 2.40. The van der Waals surface area contributed by atoms with Gasteiger partial charge in [-0.25, -0.2) is 0 Å². The Bertz CT molecular complexity index is 576. The summed E-state index contributed by atoms with van der Waals surface area (Å²) >= 11 is 0. The molecule has 0 unspecified atom stereocenters. The van der Waals surface area contributed by atoms with E-state index in [1.807, 2.05) is 0 Å². The minimum Gasteiger partial charge on any atom is -0.481 e. The molecule has 0 spiro atoms. The Labute approximate surface area is 89.9 Å². The number of aromatic amines is 2. The Morgan fingerprint density at radius 3 is 2.75 bits per heavy atom. The average Bonchev–Trinajstić information content (AvgIpc) is 2.75. The van der Waals surface area contributed by atoms with E-state index < -0.39 is 11.5 Å². The van der Waals surface area contributed by atoms with Crippen LogP contribution in [0.1, 0.15) is 11.3 Å². The summed E-state index contributed by atoms with van der Waals surface area (Å²) in [5.41, 5.74) is 0.119. The van der Waals surface area contributed by atoms with Crippen molar-refractivity contribution in [3.8, 4) is 11.5 Å². The summed E-state index contributed by atoms with van der Waals surface area (Å²) in [6.07, 6.45) is -0.339. The third-order valence-electron chi connectivity index (χ3n) is 2.19. The van der Waals surface area contributed by atoms with Crippen molar-refractivity contribution in [1.29, 1.82) is 0 Å². The lowest BCUT2D eigenvalue weighted by Crippen LogP contribution is -2.11. The molecular formula is C10H10N2O4. The summed E-state index contributed by atoms with van der Waals surface area (Å²) in [6.45, 7) is 1.77. The van der Waals surface area contributed by atoms with Crippen LogP contribution in [0.3, 0.4) is 0 Å². The number of carboxylic acid groups (broad SMARTS) is 1. The van der Waals surface area contributed by atoms with Gasteiger partial charge in [0.15, 0.2) is 5.76 Å². The number of aryl methyl sites for hydroxylation is 1. The molecule has 0 bridgehead atoms. The highest BCUT2D eigenvalue weighted by Gasteiger charge is 2.16. The molecule has 2 rings (SSSR count). The van der Waals surface area contributed by atoms with Gasteiger partial charge in [-0.15, -0.1) is 0 Å². The van der Waals surface area contributed by atoms with Crippen LogP contribution in [0.2, 0.25) is 0 Å². The smallest absolute Gasteiger partial charge is 0.308 e. The Morgan fingerprint density at radius 1 is 1.44 bits per heavy atom. The molecule has 0 aliphatic heterocycles. The molecule has 16 heavy (non-hydrogen) atoms. The molecule has 0 saturated carbocycles. The average molecular weight is 222 g/mol. The maximum absolute atomic E-state index is 11.4. The summed E-state index contributed by atoms with van der Waals surface area (Å²) in [6, 6.07) is 3.42. The second-order valence-corrected chi connectivity index (χ2v) is 3.41. The fourth-order valence-electron chi connectivity index (χ4n) is 1.48. The van der Waals surface area contributed by atoms with E-state index in [4.69, 9.17) is 9.52 Å². The van der Waals surface area contributed by atoms with Gasteiger partial charge in [0.2, 0.25) is 0 Å². The van der Waals surface area contributed by atoms with E-state index in [0.29, 0.717) is 17.2 Å². The molecular weight excluding hydrogens is 212 g/mol. The van der Waals surface area contributed by atoms with Crippen LogP contribution in [0.4, 0.5) is 0 Å². The van der Waals surface area contributed by atoms with Crippen molar-refractivity contribution in [2.24, 2.45) is 0 Å². The quantitative estimate of drug-likeness (QED) is 0.718. The van der Waals surface area contributed by atoms with Crippen molar-refractivity contribution in [2.45, 2.75) is 13.3 Å². The van der Waals surface area contributed by atoms with Crippen LogP contribution in [0.25, 0.3) is 11.5 Å². The van der Waals surface area contributed by atoms with Gasteiger partial charge in [0.25, 0.3) is 5.56 Å². The lowest BCUT2D eigenvalue weighted by molar-refractivity contribution is -0.136. The highest BCUT2D eigenvalue weighted by molar-refractivity contribution is 5.73. The highest BCUT2D eigenvalue weighted by Crippen LogP contribution is 2.21. The topological polar surface area (TPSA) is 99.1 Å². The molecule has 0 fully saturated rings. The number of hydrogen-bond donors (Lipinski definition) is 3. The summed E-state index contributed by atoms with van der Waals surface area (Å²) in [5.74, 6) is 0.0834. The molecule has 2 aromatic rings. The molecule has 0 saturated heterocycles. The van der Waals surface area contributed by atoms with Gasteiger partial charge in [0, 0.05) is 0 Å². The first-order valence-corrected chi connectivity index (χ1v) is 4.66. The second kappa shape index (κ2) is 3.73. The maximum Gasteiger partial charge on any atom is 0.308 e. The SMILES string of the molecule is Cc1ccc(-c2[nH][nH]c(=O)c2CC(=O)O)o1. The van der Waals surface area contributed by atoms with E-state index in [1.54, 1.807) is 19.1 Å². The van der Waals surface area contributed by atoms with Crippen molar-refractivity contribution in [3.63, 3.8) is 0 Å². The second-order valence-electron chi connectivity index (χ2n) is 3.41. The predicted molar refractivity (Wildman–Crippen MR) is 55.2 cm³/mol. The van der Waals surface area contributed by atoms with Gasteiger partial charge < -0.3 is 9.52 Å². The largest absolute Gasteiger partial charge is 0.481 e. The Hall–Kier alpha value is -2.24. The normalized spacial score (nSPS) is 10.6. The third kappa shape index (κ3) is 1.77. The van der Waals surface area contributed by atoms with Gasteiger partial charge in [0.1, 0.15) is 11.5 Å². The molecule has 2 aromatic heterocycles. The zero-order valence-electron chi connectivity index (χ0n) is 8.53. The lowest BCUT2D eigenvalue weighted by atomic mass is 10.1. The number of hydrogen-bond acceptors (Lipinski definition) is 3. The van der Waals surface area contributed by atoms with Crippen LogP contribution < -0.4 is 5.56 Å². The molecule has 0 aromatic carbocycles. The zero-order chi connectivity index (χ0) is 11.7. The fourth-order valence-corrected chi connectivity index (χ4v) is 1.48. The van der Waals surface area contributed by atoms with Gasteiger partial charge in [-0.2, -0.15) is 0 Å². The van der Waals surface area contributed by atoms with Crippen molar-refractivity contribution >= 4 is 5.97 Å². The van der Waals surface area contributed by atoms with Crippen LogP contribution in [0.15, 0.2) is 21.3 Å². The van der Waals surface area contributed by atoms with Crippen LogP contribution in [0, 0.1) is 6.92 Å². The number of rotatable bonds is 3. The van der Waals surface area contributed by atoms with Gasteiger partial charge in [0.05, 0.1) is 12.0 Å². The van der Waals surface area contributed by atoms with E-state index in [9.17, 15) is 9.59 Å². The zero-order valence-corrected chi connectivity index (χ0v) is 8.53. The molecule has 2 heterocycles. The number of H-pyrrole nitrogens is 2. The minimum absolute atomic E-state index is 0.168. The van der Waals surface area contributed by atoms with Gasteiger partial charge in [-0.3, -0.25) is 19.8 Å². The molecule has 0 atom stereocenters. The van der Waals surface area contributed by atoms with Gasteiger partial charge in [-0.05, 0) is 19.1 Å². The van der Waals surface area contributed by atoms with Crippen LogP contribution in [-0.4, -0.2) is 21.3 Å². The molecule has 84 valence electrons. The van der Waals surface area contributed by atoms with Crippen molar-refractivity contribution in [2.75, 3.05) is 0 Å². The van der Waals surface area contributed by atoms with E-state index >= 15 is 0 Å². The summed E-state index contributed by atoms with van der Waals surface area (Å²) in [7, 11) is 0. The first-order chi connectivity index (χ1) is 7.58. The number of aromatic nitrogens is 2. The van der Waals surface area contributed by atoms with Crippen LogP contribution in [0.5, 0.6) is 0 Å². The van der Waals surface area contributed by atoms with E-state index in [1.165, 1.54) is 0 Å². The number of carbonyl (C=O) groups is 1. The number of carboxylic acids is 1. The maximum atomic E-state index is 11.4. The molecule has 0 aliphatic rings. The Morgan fingerprint density at radius 2 is 2.19 bits per heavy atom. The predicted octanol–water partition coefficient (Wildman–Crippen LogP) is 0.899. The van der Waals surface area contributed by atoms with Crippen LogP contribution in [-0.2, 0) is 11.2 Å². The molecule has 6 nitrogen and oxygen atoms in total. The summed E-state index contributed by atoms with van der Waals surface area (Å²) in [4.78, 5) is 22.0. The standard InChI is InChI=1S/C10H10N2O4/c1-5-2-3-7(16-5)9-6(4-8(13)14)10(15)12-11-9/h2-3H,4H2,1H3,(H,13,14)(H2,11,12,15). The molecule has 0 aliphatic carbocycles. The lowest BCUT2D eigenvalue weighted by Gasteiger charge is -1.95. The first-order valence-electron chi connectivity index (χ1n) is 4.66. The third-order valence-corrected chi connectivity index (χ3v) is 2.19. The van der Waals surface area contributed by atoms with E-state index in [2.05, 4.69) is 10.2 Å². The molecule has 3 N–H and O–H groups in total. The van der Waals surface area contributed by atoms with Crippen molar-refractivity contribution < 1.29 is 14.3 Å². The monoisotopic (exact) mass is 222 g/mol. The molecule has 6 heteroatoms. The van der Waals surface area contributed by atoms with Gasteiger partial charge in [-0.1, -0.05) is 0 Å². The van der Waals surface area contributed by atoms with Crippen molar-refractivity contribution in [1.82, 2.24) is 10.2 Å². The highest BCUT2D eigenvalue weighted by atomic mass is 16.4. The minimum atomic E-state index is -1.06.